The van der Waals surface area contributed by atoms with Crippen LogP contribution in [0.5, 0.6) is 0 Å². The van der Waals surface area contributed by atoms with Gasteiger partial charge in [-0.2, -0.15) is 0 Å². The Hall–Kier alpha value is -2.48. The molecule has 0 radical (unpaired) electrons. The average molecular weight is 300 g/mol. The second kappa shape index (κ2) is 6.33. The van der Waals surface area contributed by atoms with Gasteiger partial charge in [0, 0.05) is 35.6 Å². The van der Waals surface area contributed by atoms with Crippen LogP contribution in [-0.2, 0) is 25.7 Å². The molecule has 0 atom stereocenters. The largest absolute Gasteiger partial charge is 0.258 e. The van der Waals surface area contributed by atoms with E-state index in [1.807, 2.05) is 0 Å². The van der Waals surface area contributed by atoms with Crippen molar-refractivity contribution in [3.05, 3.63) is 94.6 Å². The number of fused-ring (bicyclic) bond motifs is 6. The SMILES string of the molecule is c1cc2cc(c1)Cc1cccc(n1)CCCc1cccc(n1)C2. The van der Waals surface area contributed by atoms with E-state index in [2.05, 4.69) is 60.7 Å². The van der Waals surface area contributed by atoms with Crippen molar-refractivity contribution < 1.29 is 0 Å². The Kier molecular flexibility index (Phi) is 3.89. The minimum absolute atomic E-state index is 0.898. The van der Waals surface area contributed by atoms with E-state index in [0.29, 0.717) is 0 Å². The van der Waals surface area contributed by atoms with E-state index < -0.39 is 0 Å². The molecule has 4 rings (SSSR count). The highest BCUT2D eigenvalue weighted by atomic mass is 14.7. The summed E-state index contributed by atoms with van der Waals surface area (Å²) in [5.41, 5.74) is 7.33. The highest BCUT2D eigenvalue weighted by Gasteiger charge is 2.06. The highest BCUT2D eigenvalue weighted by molar-refractivity contribution is 5.30. The first-order valence-electron chi connectivity index (χ1n) is 8.33. The van der Waals surface area contributed by atoms with Crippen molar-refractivity contribution in [3.8, 4) is 0 Å². The molecule has 2 nitrogen and oxygen atoms in total. The maximum atomic E-state index is 4.82. The number of nitrogens with zero attached hydrogens (tertiary/aromatic N) is 2. The molecule has 1 aromatic carbocycles. The van der Waals surface area contributed by atoms with Crippen LogP contribution in [-0.4, -0.2) is 9.97 Å². The first-order chi connectivity index (χ1) is 11.3. The highest BCUT2D eigenvalue weighted by Crippen LogP contribution is 2.16. The van der Waals surface area contributed by atoms with Gasteiger partial charge in [-0.05, 0) is 54.7 Å². The van der Waals surface area contributed by atoms with Gasteiger partial charge in [0.25, 0.3) is 0 Å². The minimum Gasteiger partial charge on any atom is -0.258 e. The predicted octanol–water partition coefficient (Wildman–Crippen LogP) is 4.15. The third-order valence-electron chi connectivity index (χ3n) is 4.36. The Balaban J connectivity index is 1.74. The van der Waals surface area contributed by atoms with Gasteiger partial charge >= 0.3 is 0 Å². The second-order valence-corrected chi connectivity index (χ2v) is 6.27. The van der Waals surface area contributed by atoms with E-state index in [0.717, 1.165) is 43.5 Å². The maximum absolute atomic E-state index is 4.82. The fourth-order valence-electron chi connectivity index (χ4n) is 3.25. The molecule has 0 saturated carbocycles. The van der Waals surface area contributed by atoms with Crippen molar-refractivity contribution in [2.24, 2.45) is 0 Å². The molecule has 0 amide bonds. The van der Waals surface area contributed by atoms with E-state index in [4.69, 9.17) is 9.97 Å². The number of rotatable bonds is 0. The number of benzene rings is 1. The van der Waals surface area contributed by atoms with Crippen LogP contribution in [0.2, 0.25) is 0 Å². The topological polar surface area (TPSA) is 25.8 Å². The number of pyridine rings is 2. The van der Waals surface area contributed by atoms with Crippen LogP contribution in [0.1, 0.15) is 40.3 Å². The predicted molar refractivity (Wildman–Crippen MR) is 92.6 cm³/mol. The van der Waals surface area contributed by atoms with Crippen molar-refractivity contribution in [1.82, 2.24) is 9.97 Å². The van der Waals surface area contributed by atoms with Crippen LogP contribution >= 0.6 is 0 Å². The summed E-state index contributed by atoms with van der Waals surface area (Å²) in [4.78, 5) is 9.65. The quantitative estimate of drug-likeness (QED) is 0.623. The van der Waals surface area contributed by atoms with E-state index >= 15 is 0 Å². The molecule has 3 heterocycles. The molecule has 23 heavy (non-hydrogen) atoms. The lowest BCUT2D eigenvalue weighted by molar-refractivity contribution is 0.770. The summed E-state index contributed by atoms with van der Waals surface area (Å²) in [7, 11) is 0. The molecule has 0 aliphatic carbocycles. The van der Waals surface area contributed by atoms with Crippen LogP contribution in [0, 0.1) is 0 Å². The molecule has 1 aliphatic heterocycles. The van der Waals surface area contributed by atoms with Crippen molar-refractivity contribution in [2.45, 2.75) is 32.1 Å². The first-order valence-corrected chi connectivity index (χ1v) is 8.33. The molecular formula is C21H20N2. The van der Waals surface area contributed by atoms with Gasteiger partial charge < -0.3 is 0 Å². The molecule has 0 saturated heterocycles. The second-order valence-electron chi connectivity index (χ2n) is 6.27. The minimum atomic E-state index is 0.898. The molecule has 0 spiro atoms. The lowest BCUT2D eigenvalue weighted by Gasteiger charge is -2.10. The standard InChI is InChI=1S/C21H20N2/c1-5-16-13-17(6-1)15-21-12-4-10-19(23-21)8-2-7-18-9-3-11-20(14-16)22-18/h1,3-6,9-13H,2,7-8,14-15H2. The van der Waals surface area contributed by atoms with Crippen LogP contribution in [0.25, 0.3) is 0 Å². The lowest BCUT2D eigenvalue weighted by atomic mass is 10.0. The first kappa shape index (κ1) is 14.1. The third kappa shape index (κ3) is 3.48. The van der Waals surface area contributed by atoms with Gasteiger partial charge in [-0.15, -0.1) is 0 Å². The Bertz CT molecular complexity index is 759. The van der Waals surface area contributed by atoms with Crippen LogP contribution in [0.3, 0.4) is 0 Å². The monoisotopic (exact) mass is 300 g/mol. The fraction of sp³-hybridized carbons (Fsp3) is 0.238. The number of aromatic nitrogens is 2. The summed E-state index contributed by atoms with van der Waals surface area (Å²) in [5.74, 6) is 0. The van der Waals surface area contributed by atoms with Gasteiger partial charge in [0.05, 0.1) is 0 Å². The van der Waals surface area contributed by atoms with Crippen molar-refractivity contribution in [1.29, 1.82) is 0 Å². The van der Waals surface area contributed by atoms with E-state index in [-0.39, 0.29) is 0 Å². The number of hydrogen-bond acceptors (Lipinski definition) is 2. The fourth-order valence-corrected chi connectivity index (χ4v) is 3.25. The Morgan fingerprint density at radius 2 is 1.04 bits per heavy atom. The summed E-state index contributed by atoms with van der Waals surface area (Å²) in [5, 5.41) is 0. The molecule has 2 heteroatoms. The lowest BCUT2D eigenvalue weighted by Crippen LogP contribution is -2.02. The molecule has 3 aromatic rings. The smallest absolute Gasteiger partial charge is 0.0450 e. The molecule has 1 aliphatic rings. The molecule has 0 fully saturated rings. The van der Waals surface area contributed by atoms with E-state index in [9.17, 15) is 0 Å². The molecule has 114 valence electrons. The van der Waals surface area contributed by atoms with Gasteiger partial charge in [-0.3, -0.25) is 9.97 Å². The average Bonchev–Trinajstić information content (AvgIpc) is 2.55. The molecule has 0 unspecified atom stereocenters. The summed E-state index contributed by atoms with van der Waals surface area (Å²) in [6, 6.07) is 21.6. The number of hydrogen-bond donors (Lipinski definition) is 0. The summed E-state index contributed by atoms with van der Waals surface area (Å²) in [6.07, 6.45) is 4.92. The van der Waals surface area contributed by atoms with Gasteiger partial charge in [0.1, 0.15) is 0 Å². The van der Waals surface area contributed by atoms with Crippen LogP contribution in [0.4, 0.5) is 0 Å². The summed E-state index contributed by atoms with van der Waals surface area (Å²) < 4.78 is 0. The number of aryl methyl sites for hydroxylation is 2. The Morgan fingerprint density at radius 1 is 0.565 bits per heavy atom. The van der Waals surface area contributed by atoms with Crippen LogP contribution in [0.15, 0.2) is 60.7 Å². The third-order valence-corrected chi connectivity index (χ3v) is 4.36. The summed E-state index contributed by atoms with van der Waals surface area (Å²) >= 11 is 0. The van der Waals surface area contributed by atoms with Gasteiger partial charge in [-0.25, -0.2) is 0 Å². The molecule has 6 bridgehead atoms. The Labute approximate surface area is 137 Å². The van der Waals surface area contributed by atoms with E-state index in [1.165, 1.54) is 22.5 Å². The van der Waals surface area contributed by atoms with Gasteiger partial charge in [-0.1, -0.05) is 36.4 Å². The zero-order valence-corrected chi connectivity index (χ0v) is 13.2. The molecular weight excluding hydrogens is 280 g/mol. The van der Waals surface area contributed by atoms with Gasteiger partial charge in [0.2, 0.25) is 0 Å². The zero-order valence-electron chi connectivity index (χ0n) is 13.2. The normalized spacial score (nSPS) is 14.1. The van der Waals surface area contributed by atoms with Crippen LogP contribution < -0.4 is 0 Å². The van der Waals surface area contributed by atoms with Gasteiger partial charge in [0.15, 0.2) is 0 Å². The van der Waals surface area contributed by atoms with Crippen molar-refractivity contribution in [2.75, 3.05) is 0 Å². The molecule has 2 aromatic heterocycles. The Morgan fingerprint density at radius 3 is 1.61 bits per heavy atom. The maximum Gasteiger partial charge on any atom is 0.0450 e. The summed E-state index contributed by atoms with van der Waals surface area (Å²) in [6.45, 7) is 0. The zero-order chi connectivity index (χ0) is 15.5. The van der Waals surface area contributed by atoms with Crippen molar-refractivity contribution in [3.63, 3.8) is 0 Å². The molecule has 0 N–H and O–H groups in total. The van der Waals surface area contributed by atoms with Crippen molar-refractivity contribution >= 4 is 0 Å². The van der Waals surface area contributed by atoms with E-state index in [1.54, 1.807) is 0 Å².